The summed E-state index contributed by atoms with van der Waals surface area (Å²) in [7, 11) is 0. The van der Waals surface area contributed by atoms with Crippen LogP contribution in [0.3, 0.4) is 0 Å². The van der Waals surface area contributed by atoms with Crippen molar-refractivity contribution in [2.24, 2.45) is 5.41 Å². The molecule has 0 bridgehead atoms. The lowest BCUT2D eigenvalue weighted by atomic mass is 9.91. The van der Waals surface area contributed by atoms with Gasteiger partial charge in [0, 0.05) is 12.2 Å². The Balaban J connectivity index is 2.57. The van der Waals surface area contributed by atoms with Crippen molar-refractivity contribution in [1.82, 2.24) is 5.32 Å². The van der Waals surface area contributed by atoms with Crippen molar-refractivity contribution < 1.29 is 9.59 Å². The highest BCUT2D eigenvalue weighted by Gasteiger charge is 2.35. The van der Waals surface area contributed by atoms with Gasteiger partial charge in [0.05, 0.1) is 0 Å². The summed E-state index contributed by atoms with van der Waals surface area (Å²) in [6.45, 7) is 8.01. The molecule has 21 heavy (non-hydrogen) atoms. The smallest absolute Gasteiger partial charge is 0.239 e. The third-order valence-electron chi connectivity index (χ3n) is 3.51. The molecule has 4 nitrogen and oxygen atoms in total. The van der Waals surface area contributed by atoms with E-state index in [2.05, 4.69) is 17.6 Å². The summed E-state index contributed by atoms with van der Waals surface area (Å²) in [5, 5.41) is 5.63. The summed E-state index contributed by atoms with van der Waals surface area (Å²) in [6, 6.07) is 7.52. The predicted molar refractivity (Wildman–Crippen MR) is 86.1 cm³/mol. The van der Waals surface area contributed by atoms with Gasteiger partial charge in [-0.05, 0) is 39.3 Å². The van der Waals surface area contributed by atoms with E-state index in [4.69, 9.17) is 0 Å². The maximum atomic E-state index is 12.3. The summed E-state index contributed by atoms with van der Waals surface area (Å²) in [5.74, 6) is -0.525. The van der Waals surface area contributed by atoms with Gasteiger partial charge in [-0.15, -0.1) is 0 Å². The van der Waals surface area contributed by atoms with Gasteiger partial charge in [0.15, 0.2) is 0 Å². The molecule has 2 N–H and O–H groups in total. The third kappa shape index (κ3) is 5.21. The zero-order valence-corrected chi connectivity index (χ0v) is 13.5. The first-order chi connectivity index (χ1) is 9.87. The number of carbonyl (C=O) groups excluding carboxylic acids is 2. The first-order valence-electron chi connectivity index (χ1n) is 7.54. The van der Waals surface area contributed by atoms with Gasteiger partial charge in [-0.2, -0.15) is 0 Å². The topological polar surface area (TPSA) is 58.2 Å². The lowest BCUT2D eigenvalue weighted by molar-refractivity contribution is -0.138. The molecule has 2 amide bonds. The Kier molecular flexibility index (Phi) is 6.40. The first-order valence-corrected chi connectivity index (χ1v) is 7.54. The zero-order chi connectivity index (χ0) is 15.9. The van der Waals surface area contributed by atoms with Crippen LogP contribution in [0.4, 0.5) is 5.69 Å². The highest BCUT2D eigenvalue weighted by atomic mass is 16.2. The van der Waals surface area contributed by atoms with Gasteiger partial charge in [-0.1, -0.05) is 37.5 Å². The van der Waals surface area contributed by atoms with Crippen LogP contribution in [0.25, 0.3) is 0 Å². The molecule has 1 aromatic carbocycles. The first kappa shape index (κ1) is 17.2. The molecule has 0 fully saturated rings. The van der Waals surface area contributed by atoms with Crippen LogP contribution in [-0.2, 0) is 9.59 Å². The second kappa shape index (κ2) is 7.81. The Morgan fingerprint density at radius 1 is 1.05 bits per heavy atom. The average Bonchev–Trinajstić information content (AvgIpc) is 2.45. The van der Waals surface area contributed by atoms with Gasteiger partial charge >= 0.3 is 0 Å². The van der Waals surface area contributed by atoms with Gasteiger partial charge in [0.25, 0.3) is 0 Å². The molecule has 1 aromatic rings. The molecule has 0 heterocycles. The number of hydrogen-bond acceptors (Lipinski definition) is 2. The van der Waals surface area contributed by atoms with Crippen LogP contribution in [0.2, 0.25) is 0 Å². The number of unbranched alkanes of at least 4 members (excludes halogenated alkanes) is 2. The van der Waals surface area contributed by atoms with Crippen molar-refractivity contribution in [3.05, 3.63) is 29.8 Å². The van der Waals surface area contributed by atoms with Crippen LogP contribution in [0.5, 0.6) is 0 Å². The van der Waals surface area contributed by atoms with E-state index in [1.807, 2.05) is 31.2 Å². The van der Waals surface area contributed by atoms with Gasteiger partial charge in [0.1, 0.15) is 5.41 Å². The van der Waals surface area contributed by atoms with Gasteiger partial charge < -0.3 is 10.6 Å². The van der Waals surface area contributed by atoms with Crippen LogP contribution in [-0.4, -0.2) is 18.4 Å². The van der Waals surface area contributed by atoms with Gasteiger partial charge in [-0.25, -0.2) is 0 Å². The van der Waals surface area contributed by atoms with E-state index in [9.17, 15) is 9.59 Å². The van der Waals surface area contributed by atoms with E-state index < -0.39 is 5.41 Å². The lowest BCUT2D eigenvalue weighted by Crippen LogP contribution is -2.45. The molecule has 0 aliphatic carbocycles. The van der Waals surface area contributed by atoms with Crippen molar-refractivity contribution in [2.45, 2.75) is 47.0 Å². The number of anilines is 1. The maximum Gasteiger partial charge on any atom is 0.239 e. The molecule has 116 valence electrons. The second-order valence-corrected chi connectivity index (χ2v) is 5.91. The number of aryl methyl sites for hydroxylation is 1. The van der Waals surface area contributed by atoms with Crippen molar-refractivity contribution in [3.8, 4) is 0 Å². The Morgan fingerprint density at radius 3 is 2.24 bits per heavy atom. The van der Waals surface area contributed by atoms with Gasteiger partial charge in [0.2, 0.25) is 11.8 Å². The van der Waals surface area contributed by atoms with Crippen LogP contribution < -0.4 is 10.6 Å². The summed E-state index contributed by atoms with van der Waals surface area (Å²) in [5.41, 5.74) is 0.746. The minimum absolute atomic E-state index is 0.233. The van der Waals surface area contributed by atoms with Gasteiger partial charge in [-0.3, -0.25) is 9.59 Å². The molecule has 0 saturated carbocycles. The Bertz CT molecular complexity index is 478. The van der Waals surface area contributed by atoms with E-state index in [0.29, 0.717) is 12.2 Å². The summed E-state index contributed by atoms with van der Waals surface area (Å²) < 4.78 is 0. The molecule has 4 heteroatoms. The Labute approximate surface area is 127 Å². The Morgan fingerprint density at radius 2 is 1.67 bits per heavy atom. The number of rotatable bonds is 7. The van der Waals surface area contributed by atoms with E-state index in [-0.39, 0.29) is 11.8 Å². The molecule has 1 rings (SSSR count). The summed E-state index contributed by atoms with van der Waals surface area (Å²) >= 11 is 0. The minimum Gasteiger partial charge on any atom is -0.355 e. The fourth-order valence-electron chi connectivity index (χ4n) is 1.83. The fourth-order valence-corrected chi connectivity index (χ4v) is 1.83. The molecular formula is C17H26N2O2. The quantitative estimate of drug-likeness (QED) is 0.598. The van der Waals surface area contributed by atoms with Crippen LogP contribution >= 0.6 is 0 Å². The average molecular weight is 290 g/mol. The number of carbonyl (C=O) groups is 2. The Hall–Kier alpha value is -1.84. The van der Waals surface area contributed by atoms with Crippen molar-refractivity contribution in [3.63, 3.8) is 0 Å². The highest BCUT2D eigenvalue weighted by molar-refractivity contribution is 6.09. The molecule has 0 atom stereocenters. The third-order valence-corrected chi connectivity index (χ3v) is 3.51. The molecule has 0 aliphatic heterocycles. The summed E-state index contributed by atoms with van der Waals surface area (Å²) in [6.07, 6.45) is 3.13. The SMILES string of the molecule is CCCCCNC(=O)C(C)(C)C(=O)Nc1ccc(C)cc1. The molecule has 0 aliphatic rings. The van der Waals surface area contributed by atoms with Crippen molar-refractivity contribution >= 4 is 17.5 Å². The fraction of sp³-hybridized carbons (Fsp3) is 0.529. The van der Waals surface area contributed by atoms with Crippen LogP contribution in [0.15, 0.2) is 24.3 Å². The normalized spacial score (nSPS) is 11.0. The number of benzene rings is 1. The van der Waals surface area contributed by atoms with E-state index in [1.165, 1.54) is 0 Å². The predicted octanol–water partition coefficient (Wildman–Crippen LogP) is 3.27. The van der Waals surface area contributed by atoms with E-state index in [1.54, 1.807) is 13.8 Å². The van der Waals surface area contributed by atoms with E-state index in [0.717, 1.165) is 24.8 Å². The zero-order valence-electron chi connectivity index (χ0n) is 13.5. The van der Waals surface area contributed by atoms with Crippen molar-refractivity contribution in [1.29, 1.82) is 0 Å². The molecule has 0 spiro atoms. The number of nitrogens with one attached hydrogen (secondary N) is 2. The molecule has 0 saturated heterocycles. The maximum absolute atomic E-state index is 12.3. The number of hydrogen-bond donors (Lipinski definition) is 2. The van der Waals surface area contributed by atoms with Crippen molar-refractivity contribution in [2.75, 3.05) is 11.9 Å². The number of amides is 2. The van der Waals surface area contributed by atoms with E-state index >= 15 is 0 Å². The largest absolute Gasteiger partial charge is 0.355 e. The molecule has 0 unspecified atom stereocenters. The molecule has 0 aromatic heterocycles. The van der Waals surface area contributed by atoms with Crippen LogP contribution in [0, 0.1) is 12.3 Å². The second-order valence-electron chi connectivity index (χ2n) is 5.91. The summed E-state index contributed by atoms with van der Waals surface area (Å²) in [4.78, 5) is 24.4. The standard InChI is InChI=1S/C17H26N2O2/c1-5-6-7-12-18-15(20)17(3,4)16(21)19-14-10-8-13(2)9-11-14/h8-11H,5-7,12H2,1-4H3,(H,18,20)(H,19,21). The monoisotopic (exact) mass is 290 g/mol. The molecular weight excluding hydrogens is 264 g/mol. The van der Waals surface area contributed by atoms with Crippen LogP contribution in [0.1, 0.15) is 45.6 Å². The molecule has 0 radical (unpaired) electrons. The lowest BCUT2D eigenvalue weighted by Gasteiger charge is -2.22. The highest BCUT2D eigenvalue weighted by Crippen LogP contribution is 2.19. The minimum atomic E-state index is -1.09.